The van der Waals surface area contributed by atoms with Crippen molar-refractivity contribution in [1.29, 1.82) is 0 Å². The van der Waals surface area contributed by atoms with Gasteiger partial charge in [-0.3, -0.25) is 14.3 Å². The number of fused-ring (bicyclic) bond motifs is 2. The van der Waals surface area contributed by atoms with Crippen LogP contribution in [0.15, 0.2) is 18.3 Å². The van der Waals surface area contributed by atoms with Crippen LogP contribution in [0.3, 0.4) is 0 Å². The van der Waals surface area contributed by atoms with Crippen LogP contribution in [-0.4, -0.2) is 71.7 Å². The van der Waals surface area contributed by atoms with Crippen molar-refractivity contribution in [3.63, 3.8) is 0 Å². The molecule has 4 aliphatic heterocycles. The number of hydrogen-bond donors (Lipinski definition) is 1. The molecule has 6 rings (SSSR count). The highest BCUT2D eigenvalue weighted by atomic mass is 16.5. The Bertz CT molecular complexity index is 942. The summed E-state index contributed by atoms with van der Waals surface area (Å²) in [6.45, 7) is 2.27. The largest absolute Gasteiger partial charge is 0.493 e. The summed E-state index contributed by atoms with van der Waals surface area (Å²) in [5.74, 6) is 1.25. The molecule has 1 fully saturated rings. The smallest absolute Gasteiger partial charge is 0.251 e. The molecular formula is C22H29N5O5. The third-order valence-electron chi connectivity index (χ3n) is 5.86. The van der Waals surface area contributed by atoms with Crippen molar-refractivity contribution < 1.29 is 23.8 Å². The summed E-state index contributed by atoms with van der Waals surface area (Å²) in [5, 5.41) is 11.4. The van der Waals surface area contributed by atoms with E-state index in [0.29, 0.717) is 81.2 Å². The Hall–Kier alpha value is -3.30. The maximum absolute atomic E-state index is 12.9. The normalized spacial score (nSPS) is 18.2. The molecule has 6 bridgehead atoms. The first-order chi connectivity index (χ1) is 15.6. The molecule has 0 unspecified atom stereocenters. The Labute approximate surface area is 186 Å². The Morgan fingerprint density at radius 3 is 2.47 bits per heavy atom. The van der Waals surface area contributed by atoms with Crippen LogP contribution in [0.4, 0.5) is 0 Å². The van der Waals surface area contributed by atoms with Gasteiger partial charge in [0.2, 0.25) is 11.7 Å². The van der Waals surface area contributed by atoms with Gasteiger partial charge in [-0.1, -0.05) is 5.21 Å². The van der Waals surface area contributed by atoms with Gasteiger partial charge in [0, 0.05) is 56.7 Å². The number of rotatable bonds is 2. The molecule has 2 aromatic rings. The highest BCUT2D eigenvalue weighted by molar-refractivity contribution is 5.95. The molecule has 5 heterocycles. The Kier molecular flexibility index (Phi) is 6.77. The third-order valence-corrected chi connectivity index (χ3v) is 5.86. The zero-order valence-corrected chi connectivity index (χ0v) is 18.5. The minimum absolute atomic E-state index is 0.00459. The molecule has 0 aliphatic carbocycles. The molecule has 172 valence electrons. The van der Waals surface area contributed by atoms with Crippen LogP contribution in [0.25, 0.3) is 0 Å². The molecule has 10 nitrogen and oxygen atoms in total. The van der Waals surface area contributed by atoms with Gasteiger partial charge in [0.25, 0.3) is 5.91 Å². The van der Waals surface area contributed by atoms with Gasteiger partial charge in [0.15, 0.2) is 11.5 Å². The average molecular weight is 444 g/mol. The van der Waals surface area contributed by atoms with Crippen LogP contribution in [0.5, 0.6) is 17.2 Å². The summed E-state index contributed by atoms with van der Waals surface area (Å²) in [6, 6.07) is 3.33. The number of aromatic nitrogens is 3. The van der Waals surface area contributed by atoms with Crippen LogP contribution in [-0.2, 0) is 17.8 Å². The van der Waals surface area contributed by atoms with E-state index in [1.54, 1.807) is 16.8 Å². The number of amides is 2. The lowest BCUT2D eigenvalue weighted by atomic mass is 10.0. The quantitative estimate of drug-likeness (QED) is 0.748. The van der Waals surface area contributed by atoms with E-state index in [-0.39, 0.29) is 17.9 Å². The van der Waals surface area contributed by atoms with Crippen LogP contribution in [0.2, 0.25) is 0 Å². The summed E-state index contributed by atoms with van der Waals surface area (Å²) in [4.78, 5) is 27.3. The predicted octanol–water partition coefficient (Wildman–Crippen LogP) is 1.43. The van der Waals surface area contributed by atoms with Gasteiger partial charge in [-0.25, -0.2) is 0 Å². The predicted molar refractivity (Wildman–Crippen MR) is 115 cm³/mol. The highest BCUT2D eigenvalue weighted by Crippen LogP contribution is 2.38. The Morgan fingerprint density at radius 1 is 1.06 bits per heavy atom. The second-order valence-corrected chi connectivity index (χ2v) is 8.01. The maximum atomic E-state index is 12.9. The zero-order chi connectivity index (χ0) is 22.5. The molecule has 1 aromatic heterocycles. The van der Waals surface area contributed by atoms with Crippen molar-refractivity contribution in [2.24, 2.45) is 0 Å². The van der Waals surface area contributed by atoms with Crippen molar-refractivity contribution in [3.8, 4) is 17.2 Å². The fourth-order valence-corrected chi connectivity index (χ4v) is 4.05. The molecule has 1 aromatic carbocycles. The lowest BCUT2D eigenvalue weighted by Gasteiger charge is -2.32. The van der Waals surface area contributed by atoms with Crippen LogP contribution in [0.1, 0.15) is 41.7 Å². The number of nitrogens with one attached hydrogen (secondary N) is 1. The van der Waals surface area contributed by atoms with Gasteiger partial charge >= 0.3 is 0 Å². The zero-order valence-electron chi connectivity index (χ0n) is 18.5. The molecule has 0 radical (unpaired) electrons. The van der Waals surface area contributed by atoms with Crippen molar-refractivity contribution >= 4 is 11.8 Å². The van der Waals surface area contributed by atoms with E-state index in [1.165, 1.54) is 14.2 Å². The van der Waals surface area contributed by atoms with E-state index in [4.69, 9.17) is 14.2 Å². The van der Waals surface area contributed by atoms with Crippen LogP contribution >= 0.6 is 0 Å². The van der Waals surface area contributed by atoms with Gasteiger partial charge in [0.1, 0.15) is 0 Å². The summed E-state index contributed by atoms with van der Waals surface area (Å²) >= 11 is 0. The van der Waals surface area contributed by atoms with E-state index in [2.05, 4.69) is 15.6 Å². The fourth-order valence-electron chi connectivity index (χ4n) is 4.05. The lowest BCUT2D eigenvalue weighted by molar-refractivity contribution is -0.132. The van der Waals surface area contributed by atoms with E-state index >= 15 is 0 Å². The molecule has 32 heavy (non-hydrogen) atoms. The minimum Gasteiger partial charge on any atom is -0.493 e. The van der Waals surface area contributed by atoms with Gasteiger partial charge in [-0.15, -0.1) is 5.10 Å². The number of ether oxygens (including phenoxy) is 3. The summed E-state index contributed by atoms with van der Waals surface area (Å²) < 4.78 is 18.7. The van der Waals surface area contributed by atoms with Gasteiger partial charge in [-0.05, 0) is 25.0 Å². The molecule has 1 N–H and O–H groups in total. The molecule has 10 heteroatoms. The third kappa shape index (κ3) is 4.95. The van der Waals surface area contributed by atoms with Crippen molar-refractivity contribution in [3.05, 3.63) is 29.6 Å². The molecule has 2 amide bonds. The number of carbonyl (C=O) groups is 2. The molecular weight excluding hydrogens is 414 g/mol. The lowest BCUT2D eigenvalue weighted by Crippen LogP contribution is -2.46. The van der Waals surface area contributed by atoms with E-state index in [1.807, 2.05) is 11.1 Å². The summed E-state index contributed by atoms with van der Waals surface area (Å²) in [5.41, 5.74) is 1.24. The van der Waals surface area contributed by atoms with Crippen LogP contribution in [0, 0.1) is 0 Å². The standard InChI is InChI=1S/C22H29N5O5/c1-30-18-12-15-13-19(31-2)21(18)32-11-3-8-27-14-17(24-25-27)4-5-20(28)26-9-6-16(7-10-26)23-22(15)29/h12-14,16H,3-11H2,1-2H3,(H,23,29). The SMILES string of the molecule is COc1cc2cc(OC)c1OCCCn1cc(nn1)CCC(=O)N1CCC(CC1)NC2=O. The van der Waals surface area contributed by atoms with Crippen molar-refractivity contribution in [2.75, 3.05) is 33.9 Å². The van der Waals surface area contributed by atoms with E-state index in [9.17, 15) is 9.59 Å². The first-order valence-electron chi connectivity index (χ1n) is 10.9. The van der Waals surface area contributed by atoms with Crippen molar-refractivity contribution in [1.82, 2.24) is 25.2 Å². The topological polar surface area (TPSA) is 108 Å². The first kappa shape index (κ1) is 21.9. The van der Waals surface area contributed by atoms with Gasteiger partial charge in [0.05, 0.1) is 26.5 Å². The van der Waals surface area contributed by atoms with Crippen molar-refractivity contribution in [2.45, 2.75) is 44.7 Å². The number of carbonyl (C=O) groups excluding carboxylic acids is 2. The molecule has 0 spiro atoms. The number of piperidine rings is 1. The number of nitrogens with zero attached hydrogens (tertiary/aromatic N) is 4. The van der Waals surface area contributed by atoms with E-state index in [0.717, 1.165) is 5.69 Å². The monoisotopic (exact) mass is 443 g/mol. The second kappa shape index (κ2) is 9.88. The summed E-state index contributed by atoms with van der Waals surface area (Å²) in [6.07, 6.45) is 4.96. The second-order valence-electron chi connectivity index (χ2n) is 8.01. The first-order valence-corrected chi connectivity index (χ1v) is 10.9. The number of hydrogen-bond acceptors (Lipinski definition) is 7. The van der Waals surface area contributed by atoms with Crippen LogP contribution < -0.4 is 19.5 Å². The Morgan fingerprint density at radius 2 is 1.78 bits per heavy atom. The fraction of sp³-hybridized carbons (Fsp3) is 0.545. The van der Waals surface area contributed by atoms with E-state index < -0.39 is 0 Å². The Balaban J connectivity index is 1.58. The molecule has 0 saturated carbocycles. The minimum atomic E-state index is -0.202. The van der Waals surface area contributed by atoms with Gasteiger partial charge < -0.3 is 24.4 Å². The molecule has 4 aliphatic rings. The number of benzene rings is 1. The number of methoxy groups -OCH3 is 2. The van der Waals surface area contributed by atoms with Gasteiger partial charge in [-0.2, -0.15) is 0 Å². The molecule has 1 saturated heterocycles. The highest BCUT2D eigenvalue weighted by Gasteiger charge is 2.25. The number of aryl methyl sites for hydroxylation is 2. The summed E-state index contributed by atoms with van der Waals surface area (Å²) in [7, 11) is 3.07. The maximum Gasteiger partial charge on any atom is 0.251 e. The molecule has 0 atom stereocenters. The average Bonchev–Trinajstić information content (AvgIpc) is 3.27.